The van der Waals surface area contributed by atoms with Crippen LogP contribution in [0.2, 0.25) is 0 Å². The maximum Gasteiger partial charge on any atom is 0.240 e. The molecule has 7 heteroatoms. The third-order valence-corrected chi connectivity index (χ3v) is 4.86. The first-order chi connectivity index (χ1) is 10.8. The Kier molecular flexibility index (Phi) is 3.91. The number of aryl methyl sites for hydroxylation is 2. The number of benzene rings is 2. The van der Waals surface area contributed by atoms with Crippen molar-refractivity contribution in [2.24, 2.45) is 0 Å². The molecule has 0 fully saturated rings. The Labute approximate surface area is 133 Å². The summed E-state index contributed by atoms with van der Waals surface area (Å²) < 4.78 is 45.7. The molecule has 1 aromatic heterocycles. The molecule has 0 aliphatic heterocycles. The number of nitrogens with one attached hydrogen (secondary N) is 1. The van der Waals surface area contributed by atoms with Crippen molar-refractivity contribution >= 4 is 21.1 Å². The fourth-order valence-electron chi connectivity index (χ4n) is 2.24. The molecule has 0 unspecified atom stereocenters. The van der Waals surface area contributed by atoms with Crippen LogP contribution in [0, 0.1) is 19.7 Å². The van der Waals surface area contributed by atoms with Crippen molar-refractivity contribution in [1.29, 1.82) is 0 Å². The standard InChI is InChI=1S/C16H15FN2O3S/c1-10-7-13(4-5-14(10)17)23(20,21)18-9-12-3-6-16-15(8-12)19-11(2)22-16/h3-8,18H,9H2,1-2H3. The minimum Gasteiger partial charge on any atom is -0.441 e. The molecular formula is C16H15FN2O3S. The minimum atomic E-state index is -3.71. The van der Waals surface area contributed by atoms with Gasteiger partial charge in [-0.15, -0.1) is 0 Å². The molecule has 0 atom stereocenters. The Morgan fingerprint density at radius 2 is 1.96 bits per heavy atom. The van der Waals surface area contributed by atoms with Crippen LogP contribution in [-0.4, -0.2) is 13.4 Å². The van der Waals surface area contributed by atoms with Gasteiger partial charge < -0.3 is 4.42 Å². The average molecular weight is 334 g/mol. The van der Waals surface area contributed by atoms with Crippen LogP contribution in [0.4, 0.5) is 4.39 Å². The van der Waals surface area contributed by atoms with Crippen molar-refractivity contribution < 1.29 is 17.2 Å². The third kappa shape index (κ3) is 3.25. The molecule has 0 saturated heterocycles. The van der Waals surface area contributed by atoms with Gasteiger partial charge in [-0.05, 0) is 48.4 Å². The lowest BCUT2D eigenvalue weighted by Crippen LogP contribution is -2.23. The molecule has 0 aliphatic rings. The van der Waals surface area contributed by atoms with Crippen molar-refractivity contribution in [3.8, 4) is 0 Å². The fourth-order valence-corrected chi connectivity index (χ4v) is 3.35. The van der Waals surface area contributed by atoms with E-state index in [0.29, 0.717) is 17.0 Å². The van der Waals surface area contributed by atoms with Gasteiger partial charge >= 0.3 is 0 Å². The van der Waals surface area contributed by atoms with Gasteiger partial charge in [-0.25, -0.2) is 22.5 Å². The predicted molar refractivity (Wildman–Crippen MR) is 83.9 cm³/mol. The van der Waals surface area contributed by atoms with Gasteiger partial charge in [0.15, 0.2) is 11.5 Å². The van der Waals surface area contributed by atoms with Crippen LogP contribution in [0.15, 0.2) is 45.7 Å². The summed E-state index contributed by atoms with van der Waals surface area (Å²) in [6, 6.07) is 8.99. The summed E-state index contributed by atoms with van der Waals surface area (Å²) in [4.78, 5) is 4.25. The number of rotatable bonds is 4. The number of nitrogens with zero attached hydrogens (tertiary/aromatic N) is 1. The lowest BCUT2D eigenvalue weighted by Gasteiger charge is -2.08. The lowest BCUT2D eigenvalue weighted by molar-refractivity contribution is 0.561. The second kappa shape index (κ2) is 5.75. The van der Waals surface area contributed by atoms with Gasteiger partial charge in [0.1, 0.15) is 11.3 Å². The molecule has 0 amide bonds. The Hall–Kier alpha value is -2.25. The van der Waals surface area contributed by atoms with Crippen LogP contribution in [0.1, 0.15) is 17.0 Å². The normalized spacial score (nSPS) is 12.0. The number of fused-ring (bicyclic) bond motifs is 1. The van der Waals surface area contributed by atoms with E-state index in [1.54, 1.807) is 25.1 Å². The van der Waals surface area contributed by atoms with Gasteiger partial charge in [0, 0.05) is 13.5 Å². The Balaban J connectivity index is 1.80. The summed E-state index contributed by atoms with van der Waals surface area (Å²) in [7, 11) is -3.71. The highest BCUT2D eigenvalue weighted by Gasteiger charge is 2.15. The third-order valence-electron chi connectivity index (χ3n) is 3.46. The highest BCUT2D eigenvalue weighted by Crippen LogP contribution is 2.18. The zero-order valence-electron chi connectivity index (χ0n) is 12.6. The van der Waals surface area contributed by atoms with E-state index in [-0.39, 0.29) is 17.0 Å². The highest BCUT2D eigenvalue weighted by molar-refractivity contribution is 7.89. The molecule has 5 nitrogen and oxygen atoms in total. The Bertz CT molecular complexity index is 980. The smallest absolute Gasteiger partial charge is 0.240 e. The average Bonchev–Trinajstić information content (AvgIpc) is 2.87. The maximum atomic E-state index is 13.3. The van der Waals surface area contributed by atoms with E-state index in [0.717, 1.165) is 11.6 Å². The molecule has 1 N–H and O–H groups in total. The number of halogens is 1. The molecule has 0 aliphatic carbocycles. The van der Waals surface area contributed by atoms with Gasteiger partial charge in [-0.2, -0.15) is 0 Å². The molecule has 2 aromatic carbocycles. The van der Waals surface area contributed by atoms with Crippen LogP contribution in [0.25, 0.3) is 11.1 Å². The van der Waals surface area contributed by atoms with E-state index < -0.39 is 15.8 Å². The first-order valence-electron chi connectivity index (χ1n) is 6.97. The number of hydrogen-bond acceptors (Lipinski definition) is 4. The van der Waals surface area contributed by atoms with E-state index in [1.165, 1.54) is 19.1 Å². The van der Waals surface area contributed by atoms with Gasteiger partial charge in [-0.3, -0.25) is 0 Å². The van der Waals surface area contributed by atoms with Crippen LogP contribution in [-0.2, 0) is 16.6 Å². The number of aromatic nitrogens is 1. The predicted octanol–water partition coefficient (Wildman–Crippen LogP) is 3.06. The van der Waals surface area contributed by atoms with Crippen molar-refractivity contribution in [2.45, 2.75) is 25.3 Å². The van der Waals surface area contributed by atoms with Crippen molar-refractivity contribution in [3.05, 3.63) is 59.2 Å². The van der Waals surface area contributed by atoms with Crippen molar-refractivity contribution in [3.63, 3.8) is 0 Å². The van der Waals surface area contributed by atoms with Crippen LogP contribution < -0.4 is 4.72 Å². The molecule has 3 rings (SSSR count). The zero-order valence-corrected chi connectivity index (χ0v) is 13.4. The molecule has 3 aromatic rings. The van der Waals surface area contributed by atoms with Gasteiger partial charge in [-0.1, -0.05) is 6.07 Å². The Morgan fingerprint density at radius 1 is 1.17 bits per heavy atom. The molecule has 23 heavy (non-hydrogen) atoms. The molecule has 0 saturated carbocycles. The van der Waals surface area contributed by atoms with Crippen molar-refractivity contribution in [2.75, 3.05) is 0 Å². The summed E-state index contributed by atoms with van der Waals surface area (Å²) >= 11 is 0. The van der Waals surface area contributed by atoms with Crippen LogP contribution in [0.5, 0.6) is 0 Å². The van der Waals surface area contributed by atoms with E-state index in [1.807, 2.05) is 0 Å². The van der Waals surface area contributed by atoms with E-state index in [2.05, 4.69) is 9.71 Å². The first kappa shape index (κ1) is 15.6. The summed E-state index contributed by atoms with van der Waals surface area (Å²) in [5.41, 5.74) is 2.38. The topological polar surface area (TPSA) is 72.2 Å². The second-order valence-corrected chi connectivity index (χ2v) is 7.04. The number of oxazole rings is 1. The largest absolute Gasteiger partial charge is 0.441 e. The first-order valence-corrected chi connectivity index (χ1v) is 8.45. The minimum absolute atomic E-state index is 0.0368. The summed E-state index contributed by atoms with van der Waals surface area (Å²) in [5.74, 6) is 0.121. The summed E-state index contributed by atoms with van der Waals surface area (Å²) in [6.07, 6.45) is 0. The monoisotopic (exact) mass is 334 g/mol. The van der Waals surface area contributed by atoms with Crippen molar-refractivity contribution in [1.82, 2.24) is 9.71 Å². The molecule has 0 bridgehead atoms. The molecule has 120 valence electrons. The van der Waals surface area contributed by atoms with Gasteiger partial charge in [0.2, 0.25) is 10.0 Å². The number of sulfonamides is 1. The van der Waals surface area contributed by atoms with Gasteiger partial charge in [0.25, 0.3) is 0 Å². The van der Waals surface area contributed by atoms with Crippen LogP contribution in [0.3, 0.4) is 0 Å². The fraction of sp³-hybridized carbons (Fsp3) is 0.188. The Morgan fingerprint density at radius 3 is 2.70 bits per heavy atom. The second-order valence-electron chi connectivity index (χ2n) is 5.27. The van der Waals surface area contributed by atoms with E-state index in [9.17, 15) is 12.8 Å². The quantitative estimate of drug-likeness (QED) is 0.796. The zero-order chi connectivity index (χ0) is 16.6. The highest BCUT2D eigenvalue weighted by atomic mass is 32.2. The SMILES string of the molecule is Cc1nc2cc(CNS(=O)(=O)c3ccc(F)c(C)c3)ccc2o1. The molecule has 0 radical (unpaired) electrons. The molecule has 1 heterocycles. The lowest BCUT2D eigenvalue weighted by atomic mass is 10.2. The van der Waals surface area contributed by atoms with E-state index in [4.69, 9.17) is 4.42 Å². The van der Waals surface area contributed by atoms with Crippen LogP contribution >= 0.6 is 0 Å². The number of hydrogen-bond donors (Lipinski definition) is 1. The van der Waals surface area contributed by atoms with Gasteiger partial charge in [0.05, 0.1) is 4.90 Å². The molecule has 0 spiro atoms. The maximum absolute atomic E-state index is 13.3. The summed E-state index contributed by atoms with van der Waals surface area (Å²) in [6.45, 7) is 3.38. The van der Waals surface area contributed by atoms with E-state index >= 15 is 0 Å². The summed E-state index contributed by atoms with van der Waals surface area (Å²) in [5, 5.41) is 0. The molecular weight excluding hydrogens is 319 g/mol.